The number of aromatic nitrogens is 2. The standard InChI is InChI=1S/C13H23N3O2/c1-6-10(7-2)16-11(8-9-14-16)12(17)15-18-13(3,4)5/h8-10H,6-7H2,1-5H3,(H,15,17). The highest BCUT2D eigenvalue weighted by molar-refractivity contribution is 5.91. The van der Waals surface area contributed by atoms with Crippen LogP contribution in [0.1, 0.15) is 64.0 Å². The van der Waals surface area contributed by atoms with Crippen LogP contribution >= 0.6 is 0 Å². The van der Waals surface area contributed by atoms with E-state index in [0.717, 1.165) is 12.8 Å². The first kappa shape index (κ1) is 14.7. The van der Waals surface area contributed by atoms with Crippen molar-refractivity contribution in [2.24, 2.45) is 0 Å². The maximum atomic E-state index is 12.0. The second kappa shape index (κ2) is 6.00. The normalized spacial score (nSPS) is 11.9. The Bertz CT molecular complexity index is 389. The summed E-state index contributed by atoms with van der Waals surface area (Å²) in [5.41, 5.74) is 2.60. The van der Waals surface area contributed by atoms with Gasteiger partial charge >= 0.3 is 0 Å². The van der Waals surface area contributed by atoms with Crippen LogP contribution in [0, 0.1) is 0 Å². The lowest BCUT2D eigenvalue weighted by atomic mass is 10.2. The first-order valence-electron chi connectivity index (χ1n) is 6.41. The third-order valence-corrected chi connectivity index (χ3v) is 2.64. The summed E-state index contributed by atoms with van der Waals surface area (Å²) in [5.74, 6) is -0.255. The number of hydrogen-bond donors (Lipinski definition) is 1. The van der Waals surface area contributed by atoms with Crippen molar-refractivity contribution in [3.8, 4) is 0 Å². The summed E-state index contributed by atoms with van der Waals surface area (Å²) in [6.07, 6.45) is 3.53. The van der Waals surface area contributed by atoms with Crippen molar-refractivity contribution in [1.29, 1.82) is 0 Å². The molecule has 1 aromatic heterocycles. The van der Waals surface area contributed by atoms with E-state index in [1.165, 1.54) is 0 Å². The number of nitrogens with zero attached hydrogens (tertiary/aromatic N) is 2. The first-order valence-corrected chi connectivity index (χ1v) is 6.41. The Morgan fingerprint density at radius 3 is 2.56 bits per heavy atom. The second-order valence-corrected chi connectivity index (χ2v) is 5.28. The van der Waals surface area contributed by atoms with Gasteiger partial charge in [-0.15, -0.1) is 0 Å². The molecule has 0 bridgehead atoms. The number of hydroxylamine groups is 1. The smallest absolute Gasteiger partial charge is 0.268 e. The molecule has 0 fully saturated rings. The Kier molecular flexibility index (Phi) is 4.90. The lowest BCUT2D eigenvalue weighted by Crippen LogP contribution is -2.35. The average Bonchev–Trinajstić information content (AvgIpc) is 2.76. The molecule has 0 saturated heterocycles. The molecule has 0 aliphatic carbocycles. The minimum atomic E-state index is -0.407. The summed E-state index contributed by atoms with van der Waals surface area (Å²) in [4.78, 5) is 17.3. The Hall–Kier alpha value is -1.36. The van der Waals surface area contributed by atoms with Gasteiger partial charge in [0.1, 0.15) is 5.69 Å². The quantitative estimate of drug-likeness (QED) is 0.821. The molecule has 1 amide bonds. The predicted molar refractivity (Wildman–Crippen MR) is 70.2 cm³/mol. The molecular weight excluding hydrogens is 230 g/mol. The summed E-state index contributed by atoms with van der Waals surface area (Å²) < 4.78 is 1.77. The van der Waals surface area contributed by atoms with Crippen LogP contribution in [0.25, 0.3) is 0 Å². The van der Waals surface area contributed by atoms with Crippen molar-refractivity contribution in [3.05, 3.63) is 18.0 Å². The lowest BCUT2D eigenvalue weighted by molar-refractivity contribution is -0.0594. The fourth-order valence-electron chi connectivity index (χ4n) is 1.67. The van der Waals surface area contributed by atoms with E-state index in [-0.39, 0.29) is 11.9 Å². The molecule has 1 N–H and O–H groups in total. The number of amides is 1. The van der Waals surface area contributed by atoms with Crippen molar-refractivity contribution >= 4 is 5.91 Å². The summed E-state index contributed by atoms with van der Waals surface area (Å²) in [6.45, 7) is 9.81. The minimum Gasteiger partial charge on any atom is -0.268 e. The van der Waals surface area contributed by atoms with Crippen molar-refractivity contribution in [2.45, 2.75) is 59.1 Å². The van der Waals surface area contributed by atoms with Gasteiger partial charge in [-0.3, -0.25) is 14.3 Å². The number of hydrogen-bond acceptors (Lipinski definition) is 3. The minimum absolute atomic E-state index is 0.246. The van der Waals surface area contributed by atoms with Crippen LogP contribution in [0.3, 0.4) is 0 Å². The van der Waals surface area contributed by atoms with Crippen LogP contribution in [0.5, 0.6) is 0 Å². The molecule has 0 aliphatic heterocycles. The molecule has 102 valence electrons. The topological polar surface area (TPSA) is 56.2 Å². The fraction of sp³-hybridized carbons (Fsp3) is 0.692. The maximum Gasteiger partial charge on any atom is 0.293 e. The van der Waals surface area contributed by atoms with E-state index < -0.39 is 5.60 Å². The molecule has 0 spiro atoms. The van der Waals surface area contributed by atoms with E-state index in [4.69, 9.17) is 4.84 Å². The highest BCUT2D eigenvalue weighted by atomic mass is 16.7. The van der Waals surface area contributed by atoms with E-state index in [2.05, 4.69) is 24.4 Å². The van der Waals surface area contributed by atoms with E-state index in [1.54, 1.807) is 16.9 Å². The van der Waals surface area contributed by atoms with Gasteiger partial charge in [-0.25, -0.2) is 5.48 Å². The Labute approximate surface area is 108 Å². The first-order chi connectivity index (χ1) is 8.39. The van der Waals surface area contributed by atoms with Gasteiger partial charge in [-0.1, -0.05) is 13.8 Å². The molecule has 0 atom stereocenters. The number of carbonyl (C=O) groups excluding carboxylic acids is 1. The predicted octanol–water partition coefficient (Wildman–Crippen LogP) is 2.70. The van der Waals surface area contributed by atoms with Gasteiger partial charge in [0.25, 0.3) is 5.91 Å². The summed E-state index contributed by atoms with van der Waals surface area (Å²) >= 11 is 0. The molecule has 1 aromatic rings. The molecule has 5 nitrogen and oxygen atoms in total. The van der Waals surface area contributed by atoms with Gasteiger partial charge in [-0.05, 0) is 39.7 Å². The van der Waals surface area contributed by atoms with Crippen LogP contribution in [0.15, 0.2) is 12.3 Å². The van der Waals surface area contributed by atoms with Crippen LogP contribution in [0.2, 0.25) is 0 Å². The van der Waals surface area contributed by atoms with E-state index in [1.807, 2.05) is 20.8 Å². The average molecular weight is 253 g/mol. The summed E-state index contributed by atoms with van der Waals surface area (Å²) in [6, 6.07) is 1.95. The van der Waals surface area contributed by atoms with Gasteiger partial charge in [-0.2, -0.15) is 5.10 Å². The Balaban J connectivity index is 2.78. The molecule has 0 aliphatic rings. The Morgan fingerprint density at radius 1 is 1.44 bits per heavy atom. The molecule has 5 heteroatoms. The van der Waals surface area contributed by atoms with Gasteiger partial charge in [0.05, 0.1) is 11.6 Å². The SMILES string of the molecule is CCC(CC)n1nccc1C(=O)NOC(C)(C)C. The van der Waals surface area contributed by atoms with Crippen molar-refractivity contribution in [1.82, 2.24) is 15.3 Å². The van der Waals surface area contributed by atoms with Crippen molar-refractivity contribution in [3.63, 3.8) is 0 Å². The molecule has 1 heterocycles. The van der Waals surface area contributed by atoms with Gasteiger partial charge in [0.2, 0.25) is 0 Å². The molecule has 0 unspecified atom stereocenters. The van der Waals surface area contributed by atoms with Gasteiger partial charge < -0.3 is 0 Å². The Morgan fingerprint density at radius 2 is 2.06 bits per heavy atom. The zero-order chi connectivity index (χ0) is 13.8. The van der Waals surface area contributed by atoms with Crippen LogP contribution in [0.4, 0.5) is 0 Å². The van der Waals surface area contributed by atoms with Crippen LogP contribution in [-0.2, 0) is 4.84 Å². The molecule has 0 saturated carbocycles. The lowest BCUT2D eigenvalue weighted by Gasteiger charge is -2.20. The number of rotatable bonds is 5. The zero-order valence-electron chi connectivity index (χ0n) is 11.9. The molecule has 0 radical (unpaired) electrons. The number of carbonyl (C=O) groups is 1. The van der Waals surface area contributed by atoms with E-state index in [0.29, 0.717) is 5.69 Å². The van der Waals surface area contributed by atoms with Gasteiger partial charge in [0.15, 0.2) is 0 Å². The number of nitrogens with one attached hydrogen (secondary N) is 1. The zero-order valence-corrected chi connectivity index (χ0v) is 11.9. The third-order valence-electron chi connectivity index (χ3n) is 2.64. The summed E-state index contributed by atoms with van der Waals surface area (Å²) in [7, 11) is 0. The van der Waals surface area contributed by atoms with Crippen molar-refractivity contribution < 1.29 is 9.63 Å². The highest BCUT2D eigenvalue weighted by Crippen LogP contribution is 2.17. The maximum absolute atomic E-state index is 12.0. The highest BCUT2D eigenvalue weighted by Gasteiger charge is 2.19. The van der Waals surface area contributed by atoms with Crippen LogP contribution < -0.4 is 5.48 Å². The van der Waals surface area contributed by atoms with Crippen LogP contribution in [-0.4, -0.2) is 21.3 Å². The van der Waals surface area contributed by atoms with E-state index >= 15 is 0 Å². The third kappa shape index (κ3) is 3.84. The largest absolute Gasteiger partial charge is 0.293 e. The van der Waals surface area contributed by atoms with E-state index in [9.17, 15) is 4.79 Å². The molecule has 1 rings (SSSR count). The summed E-state index contributed by atoms with van der Waals surface area (Å²) in [5, 5.41) is 4.22. The fourth-order valence-corrected chi connectivity index (χ4v) is 1.67. The molecular formula is C13H23N3O2. The monoisotopic (exact) mass is 253 g/mol. The molecule has 0 aromatic carbocycles. The van der Waals surface area contributed by atoms with Gasteiger partial charge in [0, 0.05) is 6.20 Å². The molecule has 18 heavy (non-hydrogen) atoms. The second-order valence-electron chi connectivity index (χ2n) is 5.28. The van der Waals surface area contributed by atoms with Crippen molar-refractivity contribution in [2.75, 3.05) is 0 Å².